The van der Waals surface area contributed by atoms with Gasteiger partial charge >= 0.3 is 0 Å². The van der Waals surface area contributed by atoms with Crippen LogP contribution >= 0.6 is 0 Å². The molecule has 0 saturated carbocycles. The van der Waals surface area contributed by atoms with Gasteiger partial charge in [-0.1, -0.05) is 30.3 Å². The molecule has 0 radical (unpaired) electrons. The second kappa shape index (κ2) is 8.99. The second-order valence-electron chi connectivity index (χ2n) is 7.47. The first-order valence-electron chi connectivity index (χ1n) is 10.0. The van der Waals surface area contributed by atoms with E-state index in [2.05, 4.69) is 10.4 Å². The fourth-order valence-corrected chi connectivity index (χ4v) is 3.67. The lowest BCUT2D eigenvalue weighted by atomic mass is 10.1. The number of anilines is 2. The van der Waals surface area contributed by atoms with Crippen LogP contribution in [-0.4, -0.2) is 35.9 Å². The predicted octanol–water partition coefficient (Wildman–Crippen LogP) is 2.90. The Morgan fingerprint density at radius 1 is 1.23 bits per heavy atom. The van der Waals surface area contributed by atoms with E-state index in [9.17, 15) is 14.0 Å². The van der Waals surface area contributed by atoms with Crippen LogP contribution in [0.25, 0.3) is 0 Å². The van der Waals surface area contributed by atoms with E-state index in [0.29, 0.717) is 37.4 Å². The minimum Gasteiger partial charge on any atom is -0.494 e. The first kappa shape index (κ1) is 20.6. The first-order chi connectivity index (χ1) is 15.0. The van der Waals surface area contributed by atoms with Gasteiger partial charge in [-0.15, -0.1) is 0 Å². The molecule has 3 aromatic rings. The number of benzene rings is 2. The Labute approximate surface area is 179 Å². The number of carbonyl (C=O) groups excluding carboxylic acids is 1. The van der Waals surface area contributed by atoms with E-state index in [1.54, 1.807) is 18.3 Å². The van der Waals surface area contributed by atoms with E-state index in [1.165, 1.54) is 23.9 Å². The maximum absolute atomic E-state index is 13.8. The van der Waals surface area contributed by atoms with Crippen molar-refractivity contribution in [3.8, 4) is 5.75 Å². The predicted molar refractivity (Wildman–Crippen MR) is 116 cm³/mol. The fraction of sp³-hybridized carbons (Fsp3) is 0.261. The Morgan fingerprint density at radius 3 is 2.74 bits per heavy atom. The molecule has 1 atom stereocenters. The largest absolute Gasteiger partial charge is 0.494 e. The van der Waals surface area contributed by atoms with Crippen LogP contribution in [0.5, 0.6) is 5.75 Å². The lowest BCUT2D eigenvalue weighted by molar-refractivity contribution is -0.119. The van der Waals surface area contributed by atoms with Gasteiger partial charge in [-0.3, -0.25) is 9.59 Å². The molecule has 2 aromatic carbocycles. The minimum atomic E-state index is -0.532. The van der Waals surface area contributed by atoms with Gasteiger partial charge in [-0.25, -0.2) is 9.07 Å². The van der Waals surface area contributed by atoms with Crippen LogP contribution in [0.2, 0.25) is 0 Å². The molecule has 0 bridgehead atoms. The van der Waals surface area contributed by atoms with Crippen LogP contribution in [0.3, 0.4) is 0 Å². The number of aromatic nitrogens is 2. The number of nitrogens with one attached hydrogen (secondary N) is 1. The van der Waals surface area contributed by atoms with Crippen molar-refractivity contribution in [1.29, 1.82) is 0 Å². The highest BCUT2D eigenvalue weighted by Gasteiger charge is 2.29. The van der Waals surface area contributed by atoms with Gasteiger partial charge in [0.15, 0.2) is 11.6 Å². The minimum absolute atomic E-state index is 0.125. The van der Waals surface area contributed by atoms with Crippen LogP contribution < -0.4 is 20.5 Å². The van der Waals surface area contributed by atoms with Crippen molar-refractivity contribution < 1.29 is 13.9 Å². The molecule has 1 unspecified atom stereocenters. The zero-order chi connectivity index (χ0) is 21.8. The molecule has 1 aliphatic rings. The van der Waals surface area contributed by atoms with Crippen molar-refractivity contribution in [3.05, 3.63) is 82.5 Å². The number of hydrogen-bond acceptors (Lipinski definition) is 5. The van der Waals surface area contributed by atoms with Gasteiger partial charge < -0.3 is 15.0 Å². The lowest BCUT2D eigenvalue weighted by Crippen LogP contribution is -2.29. The molecule has 1 amide bonds. The van der Waals surface area contributed by atoms with Crippen molar-refractivity contribution in [3.63, 3.8) is 0 Å². The third kappa shape index (κ3) is 4.74. The van der Waals surface area contributed by atoms with E-state index in [1.807, 2.05) is 35.2 Å². The molecule has 7 nitrogen and oxygen atoms in total. The summed E-state index contributed by atoms with van der Waals surface area (Å²) in [6.07, 6.45) is 2.29. The molecule has 0 aliphatic carbocycles. The monoisotopic (exact) mass is 422 g/mol. The Balaban J connectivity index is 1.39. The standard InChI is InChI=1S/C23H23FN4O3/c1-31-21-8-7-18(11-20(21)24)26-23(30)17-9-10-27(15-17)19-12-22(29)28(25-13-19)14-16-5-3-2-4-6-16/h2-8,11-13,17H,9-10,14-15H2,1H3,(H,26,30). The smallest absolute Gasteiger partial charge is 0.269 e. The van der Waals surface area contributed by atoms with Crippen LogP contribution in [-0.2, 0) is 11.3 Å². The van der Waals surface area contributed by atoms with E-state index in [0.717, 1.165) is 5.56 Å². The van der Waals surface area contributed by atoms with Crippen LogP contribution in [0.4, 0.5) is 15.8 Å². The molecule has 160 valence electrons. The number of halogens is 1. The van der Waals surface area contributed by atoms with Gasteiger partial charge in [-0.2, -0.15) is 5.10 Å². The Bertz CT molecular complexity index is 1130. The molecule has 2 heterocycles. The summed E-state index contributed by atoms with van der Waals surface area (Å²) in [4.78, 5) is 27.1. The highest BCUT2D eigenvalue weighted by molar-refractivity contribution is 5.93. The fourth-order valence-electron chi connectivity index (χ4n) is 3.67. The van der Waals surface area contributed by atoms with Gasteiger partial charge in [-0.05, 0) is 24.1 Å². The summed E-state index contributed by atoms with van der Waals surface area (Å²) in [5.74, 6) is -0.857. The van der Waals surface area contributed by atoms with Gasteiger partial charge in [0.2, 0.25) is 5.91 Å². The third-order valence-electron chi connectivity index (χ3n) is 5.37. The molecular weight excluding hydrogens is 399 g/mol. The number of ether oxygens (including phenoxy) is 1. The van der Waals surface area contributed by atoms with Crippen LogP contribution in [0, 0.1) is 11.7 Å². The van der Waals surface area contributed by atoms with Gasteiger partial charge in [0, 0.05) is 30.9 Å². The van der Waals surface area contributed by atoms with E-state index >= 15 is 0 Å². The number of amides is 1. The molecular formula is C23H23FN4O3. The molecule has 0 spiro atoms. The van der Waals surface area contributed by atoms with Crippen molar-refractivity contribution in [2.24, 2.45) is 5.92 Å². The summed E-state index contributed by atoms with van der Waals surface area (Å²) < 4.78 is 20.2. The summed E-state index contributed by atoms with van der Waals surface area (Å²) in [5.41, 5.74) is 1.88. The van der Waals surface area contributed by atoms with Crippen molar-refractivity contribution >= 4 is 17.3 Å². The van der Waals surface area contributed by atoms with Crippen molar-refractivity contribution in [2.45, 2.75) is 13.0 Å². The van der Waals surface area contributed by atoms with Gasteiger partial charge in [0.1, 0.15) is 0 Å². The zero-order valence-corrected chi connectivity index (χ0v) is 17.1. The number of nitrogens with zero attached hydrogens (tertiary/aromatic N) is 3. The Morgan fingerprint density at radius 2 is 2.03 bits per heavy atom. The van der Waals surface area contributed by atoms with Crippen LogP contribution in [0.1, 0.15) is 12.0 Å². The molecule has 1 saturated heterocycles. The highest BCUT2D eigenvalue weighted by Crippen LogP contribution is 2.25. The summed E-state index contributed by atoms with van der Waals surface area (Å²) >= 11 is 0. The molecule has 4 rings (SSSR count). The van der Waals surface area contributed by atoms with E-state index < -0.39 is 5.82 Å². The summed E-state index contributed by atoms with van der Waals surface area (Å²) in [7, 11) is 1.39. The molecule has 1 aromatic heterocycles. The van der Waals surface area contributed by atoms with Crippen molar-refractivity contribution in [2.75, 3.05) is 30.4 Å². The summed E-state index contributed by atoms with van der Waals surface area (Å²) in [6.45, 7) is 1.51. The highest BCUT2D eigenvalue weighted by atomic mass is 19.1. The summed E-state index contributed by atoms with van der Waals surface area (Å²) in [5, 5.41) is 7.04. The molecule has 1 N–H and O–H groups in total. The molecule has 1 fully saturated rings. The SMILES string of the molecule is COc1ccc(NC(=O)C2CCN(c3cnn(Cc4ccccc4)c(=O)c3)C2)cc1F. The first-order valence-corrected chi connectivity index (χ1v) is 10.0. The lowest BCUT2D eigenvalue weighted by Gasteiger charge is -2.18. The zero-order valence-electron chi connectivity index (χ0n) is 17.1. The molecule has 1 aliphatic heterocycles. The van der Waals surface area contributed by atoms with Gasteiger partial charge in [0.05, 0.1) is 31.5 Å². The number of methoxy groups -OCH3 is 1. The van der Waals surface area contributed by atoms with Gasteiger partial charge in [0.25, 0.3) is 5.56 Å². The number of hydrogen-bond donors (Lipinski definition) is 1. The van der Waals surface area contributed by atoms with E-state index in [4.69, 9.17) is 4.74 Å². The normalized spacial score (nSPS) is 15.7. The third-order valence-corrected chi connectivity index (χ3v) is 5.37. The summed E-state index contributed by atoms with van der Waals surface area (Å²) in [6, 6.07) is 15.5. The number of carbonyl (C=O) groups is 1. The number of rotatable bonds is 6. The van der Waals surface area contributed by atoms with Crippen molar-refractivity contribution in [1.82, 2.24) is 9.78 Å². The maximum Gasteiger partial charge on any atom is 0.269 e. The van der Waals surface area contributed by atoms with E-state index in [-0.39, 0.29) is 23.1 Å². The Hall–Kier alpha value is -3.68. The quantitative estimate of drug-likeness (QED) is 0.661. The van der Waals surface area contributed by atoms with Crippen LogP contribution in [0.15, 0.2) is 65.6 Å². The topological polar surface area (TPSA) is 76.5 Å². The second-order valence-corrected chi connectivity index (χ2v) is 7.47. The average Bonchev–Trinajstić information content (AvgIpc) is 3.27. The molecule has 8 heteroatoms. The average molecular weight is 422 g/mol. The Kier molecular flexibility index (Phi) is 5.97. The molecule has 31 heavy (non-hydrogen) atoms. The maximum atomic E-state index is 13.8.